The number of hydrogen-bond donors (Lipinski definition) is 0. The van der Waals surface area contributed by atoms with Crippen LogP contribution in [0.4, 0.5) is 4.39 Å². The van der Waals surface area contributed by atoms with Crippen LogP contribution in [0, 0.1) is 5.82 Å². The molecule has 0 aliphatic carbocycles. The summed E-state index contributed by atoms with van der Waals surface area (Å²) in [5, 5.41) is 1.23. The van der Waals surface area contributed by atoms with Crippen LogP contribution in [0.2, 0.25) is 0 Å². The number of aliphatic imine (C=N–C) groups is 1. The first kappa shape index (κ1) is 14.3. The molecule has 0 fully saturated rings. The summed E-state index contributed by atoms with van der Waals surface area (Å²) in [6, 6.07) is 17.0. The molecule has 0 saturated heterocycles. The molecule has 2 nitrogen and oxygen atoms in total. The van der Waals surface area contributed by atoms with Gasteiger partial charge < -0.3 is 0 Å². The van der Waals surface area contributed by atoms with Crippen LogP contribution in [0.3, 0.4) is 0 Å². The summed E-state index contributed by atoms with van der Waals surface area (Å²) in [5.41, 5.74) is 2.19. The summed E-state index contributed by atoms with van der Waals surface area (Å²) in [4.78, 5) is 7.06. The van der Waals surface area contributed by atoms with E-state index < -0.39 is 0 Å². The second-order valence-electron chi connectivity index (χ2n) is 5.27. The van der Waals surface area contributed by atoms with Gasteiger partial charge in [-0.15, -0.1) is 0 Å². The van der Waals surface area contributed by atoms with Gasteiger partial charge in [-0.25, -0.2) is 4.39 Å². The molecule has 0 unspecified atom stereocenters. The molecule has 21 heavy (non-hydrogen) atoms. The quantitative estimate of drug-likeness (QED) is 0.853. The molecule has 108 valence electrons. The summed E-state index contributed by atoms with van der Waals surface area (Å²) >= 11 is 1.73. The first-order valence-corrected chi connectivity index (χ1v) is 7.75. The third kappa shape index (κ3) is 3.01. The first-order chi connectivity index (χ1) is 10.1. The summed E-state index contributed by atoms with van der Waals surface area (Å²) in [7, 11) is 4.13. The molecular formula is C17H17FN2S. The molecule has 0 saturated carbocycles. The molecule has 1 heterocycles. The van der Waals surface area contributed by atoms with Crippen molar-refractivity contribution >= 4 is 16.8 Å². The summed E-state index contributed by atoms with van der Waals surface area (Å²) in [6.45, 7) is 0. The summed E-state index contributed by atoms with van der Waals surface area (Å²) in [5.74, 6) is -0.217. The van der Waals surface area contributed by atoms with E-state index in [0.29, 0.717) is 0 Å². The number of nitrogens with zero attached hydrogens (tertiary/aromatic N) is 2. The number of thioether (sulfide) groups is 1. The van der Waals surface area contributed by atoms with Gasteiger partial charge in [0.15, 0.2) is 0 Å². The lowest BCUT2D eigenvalue weighted by Gasteiger charge is -2.24. The van der Waals surface area contributed by atoms with E-state index in [0.717, 1.165) is 10.6 Å². The topological polar surface area (TPSA) is 15.6 Å². The summed E-state index contributed by atoms with van der Waals surface area (Å²) < 4.78 is 13.1. The maximum atomic E-state index is 13.1. The molecule has 4 heteroatoms. The Morgan fingerprint density at radius 3 is 2.29 bits per heavy atom. The van der Waals surface area contributed by atoms with Crippen molar-refractivity contribution in [1.82, 2.24) is 4.90 Å². The Morgan fingerprint density at radius 1 is 1.00 bits per heavy atom. The van der Waals surface area contributed by atoms with E-state index in [1.165, 1.54) is 17.7 Å². The van der Waals surface area contributed by atoms with E-state index in [1.54, 1.807) is 23.9 Å². The predicted octanol–water partition coefficient (Wildman–Crippen LogP) is 3.95. The van der Waals surface area contributed by atoms with Crippen molar-refractivity contribution < 1.29 is 4.39 Å². The zero-order valence-corrected chi connectivity index (χ0v) is 12.8. The van der Waals surface area contributed by atoms with Gasteiger partial charge in [0.1, 0.15) is 16.9 Å². The average Bonchev–Trinajstić information content (AvgIpc) is 2.94. The minimum absolute atomic E-state index is 0.103. The molecule has 0 radical (unpaired) electrons. The van der Waals surface area contributed by atoms with Crippen molar-refractivity contribution in [3.05, 3.63) is 71.5 Å². The number of halogens is 1. The van der Waals surface area contributed by atoms with Gasteiger partial charge >= 0.3 is 0 Å². The lowest BCUT2D eigenvalue weighted by atomic mass is 10.1. The van der Waals surface area contributed by atoms with Crippen LogP contribution in [0.15, 0.2) is 59.6 Å². The Kier molecular flexibility index (Phi) is 4.08. The van der Waals surface area contributed by atoms with E-state index in [9.17, 15) is 4.39 Å². The maximum Gasteiger partial charge on any atom is 0.123 e. The Morgan fingerprint density at radius 2 is 1.67 bits per heavy atom. The number of benzene rings is 2. The summed E-state index contributed by atoms with van der Waals surface area (Å²) in [6.07, 6.45) is 0. The van der Waals surface area contributed by atoms with Gasteiger partial charge in [0, 0.05) is 5.56 Å². The Hall–Kier alpha value is -1.65. The van der Waals surface area contributed by atoms with Crippen LogP contribution in [-0.2, 0) is 0 Å². The Labute approximate surface area is 128 Å². The molecule has 0 aromatic heterocycles. The highest BCUT2D eigenvalue weighted by molar-refractivity contribution is 8.15. The second kappa shape index (κ2) is 6.00. The van der Waals surface area contributed by atoms with E-state index in [2.05, 4.69) is 31.1 Å². The minimum atomic E-state index is -0.217. The van der Waals surface area contributed by atoms with Gasteiger partial charge in [-0.05, 0) is 43.9 Å². The van der Waals surface area contributed by atoms with E-state index in [1.807, 2.05) is 18.2 Å². The number of hydrogen-bond acceptors (Lipinski definition) is 3. The molecular weight excluding hydrogens is 283 g/mol. The molecule has 3 rings (SSSR count). The third-order valence-electron chi connectivity index (χ3n) is 3.50. The van der Waals surface area contributed by atoms with Crippen LogP contribution in [0.5, 0.6) is 0 Å². The van der Waals surface area contributed by atoms with Crippen LogP contribution < -0.4 is 0 Å². The molecule has 1 aliphatic heterocycles. The highest BCUT2D eigenvalue weighted by atomic mass is 32.2. The van der Waals surface area contributed by atoms with Gasteiger partial charge in [0.2, 0.25) is 0 Å². The largest absolute Gasteiger partial charge is 0.295 e. The highest BCUT2D eigenvalue weighted by Gasteiger charge is 2.33. The van der Waals surface area contributed by atoms with Crippen LogP contribution in [0.25, 0.3) is 0 Å². The highest BCUT2D eigenvalue weighted by Crippen LogP contribution is 2.40. The van der Waals surface area contributed by atoms with Crippen molar-refractivity contribution in [3.8, 4) is 0 Å². The van der Waals surface area contributed by atoms with Crippen molar-refractivity contribution in [2.24, 2.45) is 4.99 Å². The lowest BCUT2D eigenvalue weighted by Crippen LogP contribution is -2.28. The van der Waals surface area contributed by atoms with Crippen LogP contribution >= 0.6 is 11.8 Å². The van der Waals surface area contributed by atoms with Gasteiger partial charge in [0.25, 0.3) is 0 Å². The molecule has 2 aromatic rings. The molecule has 0 spiro atoms. The first-order valence-electron chi connectivity index (χ1n) is 6.87. The van der Waals surface area contributed by atoms with Crippen molar-refractivity contribution in [2.75, 3.05) is 14.1 Å². The number of rotatable bonds is 3. The van der Waals surface area contributed by atoms with Crippen molar-refractivity contribution in [3.63, 3.8) is 0 Å². The SMILES string of the molecule is CN(C)[C@@H]1SC(c2ccc(F)cc2)=N[C@H]1c1ccccc1. The maximum absolute atomic E-state index is 13.1. The fraction of sp³-hybridized carbons (Fsp3) is 0.235. The normalized spacial score (nSPS) is 21.6. The second-order valence-corrected chi connectivity index (χ2v) is 6.37. The average molecular weight is 300 g/mol. The third-order valence-corrected chi connectivity index (χ3v) is 4.99. The Balaban J connectivity index is 1.95. The minimum Gasteiger partial charge on any atom is -0.295 e. The molecule has 0 amide bonds. The molecule has 2 atom stereocenters. The van der Waals surface area contributed by atoms with E-state index >= 15 is 0 Å². The van der Waals surface area contributed by atoms with Gasteiger partial charge in [-0.2, -0.15) is 0 Å². The van der Waals surface area contributed by atoms with Gasteiger partial charge in [-0.3, -0.25) is 9.89 Å². The molecule has 0 N–H and O–H groups in total. The van der Waals surface area contributed by atoms with Crippen LogP contribution in [-0.4, -0.2) is 29.4 Å². The smallest absolute Gasteiger partial charge is 0.123 e. The molecule has 1 aliphatic rings. The van der Waals surface area contributed by atoms with E-state index in [-0.39, 0.29) is 17.2 Å². The predicted molar refractivity (Wildman–Crippen MR) is 87.2 cm³/mol. The lowest BCUT2D eigenvalue weighted by molar-refractivity contribution is 0.349. The van der Waals surface area contributed by atoms with Crippen LogP contribution in [0.1, 0.15) is 17.2 Å². The van der Waals surface area contributed by atoms with Gasteiger partial charge in [0.05, 0.1) is 5.37 Å². The fourth-order valence-electron chi connectivity index (χ4n) is 2.41. The standard InChI is InChI=1S/C17H17FN2S/c1-20(2)17-15(12-6-4-3-5-7-12)19-16(21-17)13-8-10-14(18)11-9-13/h3-11,15,17H,1-2H3/t15-,17+/m0/s1. The fourth-order valence-corrected chi connectivity index (χ4v) is 3.64. The number of likely N-dealkylation sites (N-methyl/N-ethyl adjacent to an activating group) is 1. The van der Waals surface area contributed by atoms with Gasteiger partial charge in [-0.1, -0.05) is 42.1 Å². The molecule has 0 bridgehead atoms. The zero-order chi connectivity index (χ0) is 14.8. The Bertz CT molecular complexity index is 638. The van der Waals surface area contributed by atoms with E-state index in [4.69, 9.17) is 4.99 Å². The van der Waals surface area contributed by atoms with Crippen molar-refractivity contribution in [2.45, 2.75) is 11.4 Å². The zero-order valence-electron chi connectivity index (χ0n) is 12.0. The molecule has 2 aromatic carbocycles. The van der Waals surface area contributed by atoms with Crippen molar-refractivity contribution in [1.29, 1.82) is 0 Å². The monoisotopic (exact) mass is 300 g/mol.